The molecule has 0 N–H and O–H groups in total. The van der Waals surface area contributed by atoms with Gasteiger partial charge < -0.3 is 23.5 Å². The van der Waals surface area contributed by atoms with E-state index in [1.54, 1.807) is 23.2 Å². The number of imidazole rings is 1. The summed E-state index contributed by atoms with van der Waals surface area (Å²) in [6.45, 7) is 2.94. The summed E-state index contributed by atoms with van der Waals surface area (Å²) in [5, 5.41) is 0. The molecular formula is C20H23N3O4. The molecule has 0 aliphatic heterocycles. The third-order valence-corrected chi connectivity index (χ3v) is 4.43. The van der Waals surface area contributed by atoms with Crippen molar-refractivity contribution in [3.63, 3.8) is 0 Å². The normalized spacial score (nSPS) is 10.7. The van der Waals surface area contributed by atoms with Crippen LogP contribution < -0.4 is 14.2 Å². The molecule has 0 fully saturated rings. The predicted octanol–water partition coefficient (Wildman–Crippen LogP) is 3.02. The van der Waals surface area contributed by atoms with E-state index in [1.165, 1.54) is 21.3 Å². The molecule has 7 nitrogen and oxygen atoms in total. The minimum absolute atomic E-state index is 0.123. The Labute approximate surface area is 158 Å². The van der Waals surface area contributed by atoms with Crippen LogP contribution in [0.5, 0.6) is 17.2 Å². The van der Waals surface area contributed by atoms with Crippen LogP contribution in [-0.4, -0.2) is 48.1 Å². The van der Waals surface area contributed by atoms with Crippen LogP contribution >= 0.6 is 0 Å². The number of fused-ring (bicyclic) bond motifs is 1. The van der Waals surface area contributed by atoms with Gasteiger partial charge in [-0.3, -0.25) is 4.79 Å². The van der Waals surface area contributed by atoms with Crippen molar-refractivity contribution in [3.8, 4) is 17.2 Å². The summed E-state index contributed by atoms with van der Waals surface area (Å²) in [4.78, 5) is 19.2. The lowest BCUT2D eigenvalue weighted by atomic mass is 10.1. The highest BCUT2D eigenvalue weighted by molar-refractivity contribution is 5.95. The van der Waals surface area contributed by atoms with Crippen molar-refractivity contribution in [2.45, 2.75) is 13.5 Å². The van der Waals surface area contributed by atoms with Crippen molar-refractivity contribution in [3.05, 3.63) is 54.0 Å². The summed E-state index contributed by atoms with van der Waals surface area (Å²) >= 11 is 0. The van der Waals surface area contributed by atoms with Gasteiger partial charge in [-0.1, -0.05) is 6.07 Å². The summed E-state index contributed by atoms with van der Waals surface area (Å²) in [5.41, 5.74) is 2.26. The summed E-state index contributed by atoms with van der Waals surface area (Å²) < 4.78 is 18.0. The number of pyridine rings is 1. The van der Waals surface area contributed by atoms with Gasteiger partial charge in [-0.2, -0.15) is 0 Å². The van der Waals surface area contributed by atoms with Crippen LogP contribution in [0.3, 0.4) is 0 Å². The van der Waals surface area contributed by atoms with Crippen molar-refractivity contribution in [2.75, 3.05) is 27.9 Å². The van der Waals surface area contributed by atoms with Crippen molar-refractivity contribution < 1.29 is 19.0 Å². The number of carbonyl (C=O) groups excluding carboxylic acids is 1. The van der Waals surface area contributed by atoms with Crippen LogP contribution in [0.4, 0.5) is 0 Å². The fourth-order valence-electron chi connectivity index (χ4n) is 3.01. The predicted molar refractivity (Wildman–Crippen MR) is 102 cm³/mol. The SMILES string of the molecule is CCN(Cc1cnc2ccccn12)C(=O)c1cc(OC)c(OC)c(OC)c1. The van der Waals surface area contributed by atoms with Crippen LogP contribution in [0.2, 0.25) is 0 Å². The van der Waals surface area contributed by atoms with E-state index in [9.17, 15) is 4.79 Å². The number of rotatable bonds is 7. The van der Waals surface area contributed by atoms with Gasteiger partial charge in [0, 0.05) is 18.3 Å². The highest BCUT2D eigenvalue weighted by Gasteiger charge is 2.21. The van der Waals surface area contributed by atoms with E-state index >= 15 is 0 Å². The molecule has 1 amide bonds. The van der Waals surface area contributed by atoms with Gasteiger partial charge in [0.2, 0.25) is 5.75 Å². The van der Waals surface area contributed by atoms with E-state index in [0.717, 1.165) is 11.3 Å². The molecule has 2 aromatic heterocycles. The molecule has 0 saturated heterocycles. The van der Waals surface area contributed by atoms with Crippen LogP contribution in [0.25, 0.3) is 5.65 Å². The smallest absolute Gasteiger partial charge is 0.254 e. The standard InChI is InChI=1S/C20H23N3O4/c1-5-22(13-15-12-21-18-8-6-7-9-23(15)18)20(24)14-10-16(25-2)19(27-4)17(11-14)26-3/h6-12H,5,13H2,1-4H3. The zero-order chi connectivity index (χ0) is 19.4. The third-order valence-electron chi connectivity index (χ3n) is 4.43. The van der Waals surface area contributed by atoms with Crippen LogP contribution in [0.1, 0.15) is 23.0 Å². The lowest BCUT2D eigenvalue weighted by Gasteiger charge is -2.22. The minimum atomic E-state index is -0.123. The highest BCUT2D eigenvalue weighted by Crippen LogP contribution is 2.38. The summed E-state index contributed by atoms with van der Waals surface area (Å²) in [6, 6.07) is 9.14. The van der Waals surface area contributed by atoms with Crippen LogP contribution in [0.15, 0.2) is 42.7 Å². The fourth-order valence-corrected chi connectivity index (χ4v) is 3.01. The Morgan fingerprint density at radius 3 is 2.41 bits per heavy atom. The first-order valence-corrected chi connectivity index (χ1v) is 8.63. The van der Waals surface area contributed by atoms with Crippen molar-refractivity contribution in [2.24, 2.45) is 0 Å². The molecule has 142 valence electrons. The molecule has 3 rings (SSSR count). The zero-order valence-electron chi connectivity index (χ0n) is 15.9. The average Bonchev–Trinajstić information content (AvgIpc) is 3.13. The molecule has 0 spiro atoms. The molecule has 0 radical (unpaired) electrons. The van der Waals surface area contributed by atoms with Crippen LogP contribution in [-0.2, 0) is 6.54 Å². The highest BCUT2D eigenvalue weighted by atomic mass is 16.5. The Kier molecular flexibility index (Phi) is 5.49. The maximum absolute atomic E-state index is 13.1. The lowest BCUT2D eigenvalue weighted by molar-refractivity contribution is 0.0749. The molecule has 0 unspecified atom stereocenters. The Bertz CT molecular complexity index is 926. The van der Waals surface area contributed by atoms with E-state index in [-0.39, 0.29) is 5.91 Å². The number of benzene rings is 1. The van der Waals surface area contributed by atoms with Gasteiger partial charge in [-0.15, -0.1) is 0 Å². The van der Waals surface area contributed by atoms with E-state index in [0.29, 0.717) is 35.9 Å². The Hall–Kier alpha value is -3.22. The Balaban J connectivity index is 1.93. The maximum Gasteiger partial charge on any atom is 0.254 e. The van der Waals surface area contributed by atoms with Gasteiger partial charge in [0.25, 0.3) is 5.91 Å². The number of carbonyl (C=O) groups is 1. The first-order valence-electron chi connectivity index (χ1n) is 8.63. The van der Waals surface area contributed by atoms with Gasteiger partial charge in [0.15, 0.2) is 11.5 Å². The number of ether oxygens (including phenoxy) is 3. The quantitative estimate of drug-likeness (QED) is 0.640. The Morgan fingerprint density at radius 2 is 1.81 bits per heavy atom. The molecule has 3 aromatic rings. The molecule has 0 aliphatic rings. The molecule has 0 atom stereocenters. The molecule has 2 heterocycles. The summed E-state index contributed by atoms with van der Waals surface area (Å²) in [5.74, 6) is 1.24. The van der Waals surface area contributed by atoms with E-state index in [4.69, 9.17) is 14.2 Å². The number of hydrogen-bond acceptors (Lipinski definition) is 5. The second kappa shape index (κ2) is 7.99. The van der Waals surface area contributed by atoms with Gasteiger partial charge in [0.05, 0.1) is 39.8 Å². The number of methoxy groups -OCH3 is 3. The monoisotopic (exact) mass is 369 g/mol. The zero-order valence-corrected chi connectivity index (χ0v) is 15.9. The molecule has 0 bridgehead atoms. The van der Waals surface area contributed by atoms with Crippen molar-refractivity contribution in [1.29, 1.82) is 0 Å². The molecule has 27 heavy (non-hydrogen) atoms. The molecular weight excluding hydrogens is 346 g/mol. The minimum Gasteiger partial charge on any atom is -0.493 e. The largest absolute Gasteiger partial charge is 0.493 e. The van der Waals surface area contributed by atoms with Gasteiger partial charge in [-0.05, 0) is 31.2 Å². The van der Waals surface area contributed by atoms with Crippen molar-refractivity contribution in [1.82, 2.24) is 14.3 Å². The second-order valence-electron chi connectivity index (χ2n) is 5.91. The molecule has 0 aliphatic carbocycles. The number of hydrogen-bond donors (Lipinski definition) is 0. The Morgan fingerprint density at radius 1 is 1.11 bits per heavy atom. The van der Waals surface area contributed by atoms with Crippen LogP contribution in [0, 0.1) is 0 Å². The number of nitrogens with zero attached hydrogens (tertiary/aromatic N) is 3. The molecule has 1 aromatic carbocycles. The maximum atomic E-state index is 13.1. The average molecular weight is 369 g/mol. The topological polar surface area (TPSA) is 65.3 Å². The third kappa shape index (κ3) is 3.53. The fraction of sp³-hybridized carbons (Fsp3) is 0.300. The van der Waals surface area contributed by atoms with Gasteiger partial charge in [-0.25, -0.2) is 4.98 Å². The summed E-state index contributed by atoms with van der Waals surface area (Å²) in [6.07, 6.45) is 3.73. The summed E-state index contributed by atoms with van der Waals surface area (Å²) in [7, 11) is 4.59. The second-order valence-corrected chi connectivity index (χ2v) is 5.91. The molecule has 0 saturated carbocycles. The van der Waals surface area contributed by atoms with Crippen molar-refractivity contribution >= 4 is 11.6 Å². The molecule has 7 heteroatoms. The number of aromatic nitrogens is 2. The van der Waals surface area contributed by atoms with E-state index in [2.05, 4.69) is 4.98 Å². The van der Waals surface area contributed by atoms with Gasteiger partial charge in [0.1, 0.15) is 5.65 Å². The van der Waals surface area contributed by atoms with Gasteiger partial charge >= 0.3 is 0 Å². The van der Waals surface area contributed by atoms with E-state index < -0.39 is 0 Å². The first-order chi connectivity index (χ1) is 13.1. The number of amides is 1. The lowest BCUT2D eigenvalue weighted by Crippen LogP contribution is -2.30. The van der Waals surface area contributed by atoms with E-state index in [1.807, 2.05) is 35.7 Å². The first kappa shape index (κ1) is 18.6.